The predicted octanol–water partition coefficient (Wildman–Crippen LogP) is 3.92. The molecule has 1 aromatic rings. The molecule has 82 valence electrons. The van der Waals surface area contributed by atoms with Gasteiger partial charge in [0.05, 0.1) is 0 Å². The van der Waals surface area contributed by atoms with E-state index < -0.39 is 0 Å². The van der Waals surface area contributed by atoms with Crippen molar-refractivity contribution in [2.24, 2.45) is 0 Å². The number of benzene rings is 1. The molecular formula is C12H16BrNO. The molecule has 15 heavy (non-hydrogen) atoms. The second kappa shape index (κ2) is 5.31. The van der Waals surface area contributed by atoms with Crippen molar-refractivity contribution in [3.05, 3.63) is 28.2 Å². The van der Waals surface area contributed by atoms with E-state index in [-0.39, 0.29) is 5.91 Å². The lowest BCUT2D eigenvalue weighted by Gasteiger charge is -2.15. The van der Waals surface area contributed by atoms with E-state index in [2.05, 4.69) is 41.2 Å². The van der Waals surface area contributed by atoms with Gasteiger partial charge in [0.25, 0.3) is 0 Å². The average molecular weight is 270 g/mol. The fourth-order valence-electron chi connectivity index (χ4n) is 1.46. The third kappa shape index (κ3) is 3.34. The Hall–Kier alpha value is -0.830. The highest BCUT2D eigenvalue weighted by Crippen LogP contribution is 2.29. The molecule has 1 rings (SSSR count). The molecule has 0 aliphatic rings. The Morgan fingerprint density at radius 1 is 1.53 bits per heavy atom. The summed E-state index contributed by atoms with van der Waals surface area (Å²) in [4.78, 5) is 11.0. The van der Waals surface area contributed by atoms with Crippen molar-refractivity contribution in [1.82, 2.24) is 0 Å². The van der Waals surface area contributed by atoms with Gasteiger partial charge in [0.2, 0.25) is 5.91 Å². The summed E-state index contributed by atoms with van der Waals surface area (Å²) in [5, 5.41) is 2.86. The van der Waals surface area contributed by atoms with E-state index in [1.807, 2.05) is 12.1 Å². The van der Waals surface area contributed by atoms with Gasteiger partial charge in [-0.3, -0.25) is 4.79 Å². The third-order valence-electron chi connectivity index (χ3n) is 2.47. The normalized spacial score (nSPS) is 12.3. The summed E-state index contributed by atoms with van der Waals surface area (Å²) in [5.74, 6) is 0.422. The van der Waals surface area contributed by atoms with Gasteiger partial charge in [0.15, 0.2) is 0 Å². The van der Waals surface area contributed by atoms with Crippen molar-refractivity contribution < 1.29 is 4.79 Å². The summed E-state index contributed by atoms with van der Waals surface area (Å²) in [6, 6.07) is 5.95. The van der Waals surface area contributed by atoms with Crippen molar-refractivity contribution in [2.45, 2.75) is 33.1 Å². The molecule has 0 heterocycles. The van der Waals surface area contributed by atoms with Crippen LogP contribution < -0.4 is 5.32 Å². The maximum absolute atomic E-state index is 11.0. The second-order valence-electron chi connectivity index (χ2n) is 3.72. The van der Waals surface area contributed by atoms with Gasteiger partial charge in [0, 0.05) is 17.1 Å². The van der Waals surface area contributed by atoms with Crippen LogP contribution in [0.5, 0.6) is 0 Å². The van der Waals surface area contributed by atoms with E-state index >= 15 is 0 Å². The molecule has 0 saturated carbocycles. The monoisotopic (exact) mass is 269 g/mol. The van der Waals surface area contributed by atoms with Gasteiger partial charge in [-0.25, -0.2) is 0 Å². The third-order valence-corrected chi connectivity index (χ3v) is 2.96. The first kappa shape index (κ1) is 12.2. The van der Waals surface area contributed by atoms with Crippen LogP contribution in [0, 0.1) is 0 Å². The average Bonchev–Trinajstić information content (AvgIpc) is 2.19. The maximum atomic E-state index is 11.0. The first-order valence-corrected chi connectivity index (χ1v) is 5.91. The Bertz CT molecular complexity index is 363. The van der Waals surface area contributed by atoms with E-state index in [0.29, 0.717) is 5.92 Å². The highest BCUT2D eigenvalue weighted by atomic mass is 79.9. The first-order valence-electron chi connectivity index (χ1n) is 5.11. The van der Waals surface area contributed by atoms with E-state index in [4.69, 9.17) is 0 Å². The van der Waals surface area contributed by atoms with Crippen LogP contribution >= 0.6 is 15.9 Å². The zero-order valence-electron chi connectivity index (χ0n) is 9.30. The molecule has 1 N–H and O–H groups in total. The van der Waals surface area contributed by atoms with E-state index in [1.54, 1.807) is 0 Å². The van der Waals surface area contributed by atoms with Crippen LogP contribution in [0.2, 0.25) is 0 Å². The molecule has 0 aromatic heterocycles. The van der Waals surface area contributed by atoms with Gasteiger partial charge >= 0.3 is 0 Å². The summed E-state index contributed by atoms with van der Waals surface area (Å²) in [6.07, 6.45) is 1.06. The minimum Gasteiger partial charge on any atom is -0.326 e. The van der Waals surface area contributed by atoms with Gasteiger partial charge in [0.1, 0.15) is 0 Å². The summed E-state index contributed by atoms with van der Waals surface area (Å²) in [5.41, 5.74) is 2.10. The molecule has 0 fully saturated rings. The Labute approximate surface area is 99.2 Å². The number of carbonyl (C=O) groups excluding carboxylic acids is 1. The Kier molecular flexibility index (Phi) is 4.33. The molecule has 0 radical (unpaired) electrons. The van der Waals surface area contributed by atoms with Gasteiger partial charge < -0.3 is 5.32 Å². The van der Waals surface area contributed by atoms with Crippen LogP contribution in [0.4, 0.5) is 5.69 Å². The smallest absolute Gasteiger partial charge is 0.221 e. The molecule has 0 aliphatic carbocycles. The lowest BCUT2D eigenvalue weighted by atomic mass is 9.97. The zero-order valence-corrected chi connectivity index (χ0v) is 10.9. The van der Waals surface area contributed by atoms with Gasteiger partial charge in [-0.2, -0.15) is 0 Å². The first-order chi connectivity index (χ1) is 7.04. The molecule has 0 spiro atoms. The van der Waals surface area contributed by atoms with Crippen molar-refractivity contribution in [2.75, 3.05) is 5.32 Å². The van der Waals surface area contributed by atoms with Crippen LogP contribution in [-0.4, -0.2) is 5.91 Å². The number of rotatable bonds is 3. The van der Waals surface area contributed by atoms with Crippen LogP contribution in [0.25, 0.3) is 0 Å². The minimum atomic E-state index is -0.0260. The molecule has 3 heteroatoms. The minimum absolute atomic E-state index is 0.0260. The summed E-state index contributed by atoms with van der Waals surface area (Å²) in [6.45, 7) is 5.83. The standard InChI is InChI=1S/C12H16BrNO/c1-4-8(2)11-7-10(13)5-6-12(11)14-9(3)15/h5-8H,4H2,1-3H3,(H,14,15). The van der Waals surface area contributed by atoms with Gasteiger partial charge in [-0.05, 0) is 36.1 Å². The predicted molar refractivity (Wildman–Crippen MR) is 67.2 cm³/mol. The molecule has 0 bridgehead atoms. The molecule has 1 atom stereocenters. The highest BCUT2D eigenvalue weighted by molar-refractivity contribution is 9.10. The molecule has 0 saturated heterocycles. The van der Waals surface area contributed by atoms with Crippen LogP contribution in [0.1, 0.15) is 38.7 Å². The molecule has 1 unspecified atom stereocenters. The van der Waals surface area contributed by atoms with E-state index in [9.17, 15) is 4.79 Å². The fraction of sp³-hybridized carbons (Fsp3) is 0.417. The van der Waals surface area contributed by atoms with Crippen molar-refractivity contribution in [1.29, 1.82) is 0 Å². The summed E-state index contributed by atoms with van der Waals surface area (Å²) >= 11 is 3.45. The summed E-state index contributed by atoms with van der Waals surface area (Å²) < 4.78 is 1.05. The summed E-state index contributed by atoms with van der Waals surface area (Å²) in [7, 11) is 0. The van der Waals surface area contributed by atoms with Gasteiger partial charge in [-0.15, -0.1) is 0 Å². The Balaban J connectivity index is 3.08. The number of hydrogen-bond donors (Lipinski definition) is 1. The van der Waals surface area contributed by atoms with Crippen molar-refractivity contribution in [3.8, 4) is 0 Å². The highest BCUT2D eigenvalue weighted by Gasteiger charge is 2.10. The molecular weight excluding hydrogens is 254 g/mol. The SMILES string of the molecule is CCC(C)c1cc(Br)ccc1NC(C)=O. The molecule has 0 aliphatic heterocycles. The molecule has 2 nitrogen and oxygen atoms in total. The van der Waals surface area contributed by atoms with Gasteiger partial charge in [-0.1, -0.05) is 29.8 Å². The van der Waals surface area contributed by atoms with Crippen molar-refractivity contribution in [3.63, 3.8) is 0 Å². The topological polar surface area (TPSA) is 29.1 Å². The van der Waals surface area contributed by atoms with Crippen molar-refractivity contribution >= 4 is 27.5 Å². The van der Waals surface area contributed by atoms with E-state index in [0.717, 1.165) is 16.6 Å². The molecule has 1 aromatic carbocycles. The number of hydrogen-bond acceptors (Lipinski definition) is 1. The van der Waals surface area contributed by atoms with Crippen LogP contribution in [0.15, 0.2) is 22.7 Å². The number of amides is 1. The lowest BCUT2D eigenvalue weighted by molar-refractivity contribution is -0.114. The number of carbonyl (C=O) groups is 1. The number of nitrogens with one attached hydrogen (secondary N) is 1. The zero-order chi connectivity index (χ0) is 11.4. The quantitative estimate of drug-likeness (QED) is 0.886. The maximum Gasteiger partial charge on any atom is 0.221 e. The lowest BCUT2D eigenvalue weighted by Crippen LogP contribution is -2.09. The number of halogens is 1. The molecule has 1 amide bonds. The Morgan fingerprint density at radius 2 is 2.20 bits per heavy atom. The fourth-order valence-corrected chi connectivity index (χ4v) is 1.84. The van der Waals surface area contributed by atoms with E-state index in [1.165, 1.54) is 12.5 Å². The Morgan fingerprint density at radius 3 is 2.73 bits per heavy atom. The largest absolute Gasteiger partial charge is 0.326 e. The van der Waals surface area contributed by atoms with Crippen LogP contribution in [0.3, 0.4) is 0 Å². The number of anilines is 1. The van der Waals surface area contributed by atoms with Crippen LogP contribution in [-0.2, 0) is 4.79 Å². The second-order valence-corrected chi connectivity index (χ2v) is 4.64.